The maximum atomic E-state index is 11.8. The van der Waals surface area contributed by atoms with Crippen molar-refractivity contribution in [2.45, 2.75) is 15.8 Å². The molecule has 0 heterocycles. The summed E-state index contributed by atoms with van der Waals surface area (Å²) < 4.78 is 57.7. The molecule has 1 atom stereocenters. The zero-order chi connectivity index (χ0) is 8.58. The normalized spacial score (nSPS) is 17.1. The van der Waals surface area contributed by atoms with Crippen LogP contribution in [-0.2, 0) is 0 Å². The Bertz CT molecular complexity index is 99.0. The first-order valence-corrected chi connectivity index (χ1v) is 3.64. The Labute approximate surface area is 70.0 Å². The van der Waals surface area contributed by atoms with Crippen LogP contribution in [0.5, 0.6) is 0 Å². The van der Waals surface area contributed by atoms with Gasteiger partial charge in [0.1, 0.15) is 0 Å². The molecule has 0 saturated carbocycles. The van der Waals surface area contributed by atoms with Gasteiger partial charge in [-0.1, -0.05) is 15.9 Å². The summed E-state index contributed by atoms with van der Waals surface area (Å²) >= 11 is 3.38. The van der Waals surface area contributed by atoms with Crippen molar-refractivity contribution >= 4 is 31.9 Å². The van der Waals surface area contributed by atoms with E-state index in [1.54, 1.807) is 31.9 Å². The maximum Gasteiger partial charge on any atom is 0.407 e. The Morgan fingerprint density at radius 3 is 1.30 bits per heavy atom. The number of hydrogen-bond donors (Lipinski definition) is 0. The second kappa shape index (κ2) is 2.92. The molecule has 0 aliphatic rings. The molecule has 0 aromatic rings. The lowest BCUT2D eigenvalue weighted by Gasteiger charge is -2.18. The van der Waals surface area contributed by atoms with E-state index in [0.717, 1.165) is 0 Å². The van der Waals surface area contributed by atoms with E-state index in [1.165, 1.54) is 0 Å². The predicted molar refractivity (Wildman–Crippen MR) is 32.6 cm³/mol. The number of hydrogen-bond acceptors (Lipinski definition) is 0. The van der Waals surface area contributed by atoms with Crippen molar-refractivity contribution in [1.82, 2.24) is 0 Å². The van der Waals surface area contributed by atoms with Gasteiger partial charge >= 0.3 is 11.0 Å². The van der Waals surface area contributed by atoms with Gasteiger partial charge in [0.05, 0.1) is 0 Å². The molecule has 1 unspecified atom stereocenters. The molecule has 0 aliphatic heterocycles. The topological polar surface area (TPSA) is 0 Å². The molecule has 0 aromatic carbocycles. The van der Waals surface area contributed by atoms with Gasteiger partial charge in [0.25, 0.3) is 0 Å². The summed E-state index contributed by atoms with van der Waals surface area (Å²) in [7, 11) is 0. The van der Waals surface area contributed by atoms with Crippen LogP contribution in [0.25, 0.3) is 0 Å². The Balaban J connectivity index is 4.23. The van der Waals surface area contributed by atoms with Crippen molar-refractivity contribution < 1.29 is 22.0 Å². The second-order valence-corrected chi connectivity index (χ2v) is 3.42. The number of rotatable bonds is 1. The highest BCUT2D eigenvalue weighted by molar-refractivity contribution is 9.12. The molecule has 0 radical (unpaired) electrons. The molecule has 0 spiro atoms. The fourth-order valence-corrected chi connectivity index (χ4v) is 0.445. The van der Waals surface area contributed by atoms with E-state index in [4.69, 9.17) is 0 Å². The third-order valence-electron chi connectivity index (χ3n) is 0.575. The van der Waals surface area contributed by atoms with E-state index in [2.05, 4.69) is 0 Å². The van der Waals surface area contributed by atoms with E-state index in [-0.39, 0.29) is 0 Å². The van der Waals surface area contributed by atoms with Crippen molar-refractivity contribution in [3.63, 3.8) is 0 Å². The summed E-state index contributed by atoms with van der Waals surface area (Å²) in [5.74, 6) is 0. The fraction of sp³-hybridized carbons (Fsp3) is 1.00. The second-order valence-electron chi connectivity index (χ2n) is 1.45. The summed E-state index contributed by atoms with van der Waals surface area (Å²) in [6.45, 7) is 0. The standard InChI is InChI=1S/C3HBr2F5/c4-1(2(5,6)7)3(8,9)10/h1H. The molecular weight excluding hydrogens is 291 g/mol. The highest BCUT2D eigenvalue weighted by atomic mass is 79.9. The van der Waals surface area contributed by atoms with E-state index in [9.17, 15) is 22.0 Å². The molecule has 0 amide bonds. The van der Waals surface area contributed by atoms with Crippen molar-refractivity contribution in [2.75, 3.05) is 0 Å². The highest BCUT2D eigenvalue weighted by Gasteiger charge is 2.52. The summed E-state index contributed by atoms with van der Waals surface area (Å²) in [6.07, 6.45) is -4.94. The van der Waals surface area contributed by atoms with Crippen LogP contribution in [0.1, 0.15) is 0 Å². The van der Waals surface area contributed by atoms with Crippen LogP contribution in [0, 0.1) is 0 Å². The van der Waals surface area contributed by atoms with E-state index in [0.29, 0.717) is 0 Å². The van der Waals surface area contributed by atoms with Gasteiger partial charge in [-0.05, 0) is 15.9 Å². The van der Waals surface area contributed by atoms with Crippen molar-refractivity contribution in [1.29, 1.82) is 0 Å². The van der Waals surface area contributed by atoms with Crippen LogP contribution >= 0.6 is 31.9 Å². The largest absolute Gasteiger partial charge is 0.407 e. The van der Waals surface area contributed by atoms with Crippen molar-refractivity contribution in [3.05, 3.63) is 0 Å². The minimum Gasteiger partial charge on any atom is -0.192 e. The van der Waals surface area contributed by atoms with E-state index < -0.39 is 15.8 Å². The molecular formula is C3HBr2F5. The minimum absolute atomic E-state index is 1.58. The van der Waals surface area contributed by atoms with Crippen LogP contribution in [0.15, 0.2) is 0 Å². The lowest BCUT2D eigenvalue weighted by molar-refractivity contribution is -0.154. The zero-order valence-corrected chi connectivity index (χ0v) is 7.40. The van der Waals surface area contributed by atoms with Gasteiger partial charge in [-0.15, -0.1) is 0 Å². The van der Waals surface area contributed by atoms with Gasteiger partial charge in [-0.3, -0.25) is 0 Å². The van der Waals surface area contributed by atoms with Crippen molar-refractivity contribution in [2.24, 2.45) is 0 Å². The monoisotopic (exact) mass is 290 g/mol. The first kappa shape index (κ1) is 10.6. The molecule has 0 N–H and O–H groups in total. The average molecular weight is 292 g/mol. The fourth-order valence-electron chi connectivity index (χ4n) is 0.186. The van der Waals surface area contributed by atoms with Gasteiger partial charge in [-0.25, -0.2) is 0 Å². The summed E-state index contributed by atoms with van der Waals surface area (Å²) in [4.78, 5) is -6.79. The SMILES string of the molecule is FC(F)(F)C(Br)C(F)(F)Br. The van der Waals surface area contributed by atoms with E-state index >= 15 is 0 Å². The quantitative estimate of drug-likeness (QED) is 0.514. The molecule has 0 fully saturated rings. The molecule has 0 nitrogen and oxygen atoms in total. The highest BCUT2D eigenvalue weighted by Crippen LogP contribution is 2.41. The van der Waals surface area contributed by atoms with E-state index in [1.807, 2.05) is 0 Å². The lowest BCUT2D eigenvalue weighted by Crippen LogP contribution is -2.35. The van der Waals surface area contributed by atoms with Crippen LogP contribution < -0.4 is 0 Å². The van der Waals surface area contributed by atoms with Crippen LogP contribution in [-0.4, -0.2) is 15.8 Å². The molecule has 0 aromatic heterocycles. The molecule has 0 rings (SSSR count). The molecule has 0 aliphatic carbocycles. The smallest absolute Gasteiger partial charge is 0.192 e. The first-order chi connectivity index (χ1) is 4.15. The number of alkyl halides is 7. The maximum absolute atomic E-state index is 11.8. The van der Waals surface area contributed by atoms with Gasteiger partial charge in [0.15, 0.2) is 4.83 Å². The summed E-state index contributed by atoms with van der Waals surface area (Å²) in [5, 5.41) is 0. The Hall–Kier alpha value is 0.610. The molecule has 0 bridgehead atoms. The zero-order valence-electron chi connectivity index (χ0n) is 4.22. The molecule has 10 heavy (non-hydrogen) atoms. The van der Waals surface area contributed by atoms with Gasteiger partial charge < -0.3 is 0 Å². The first-order valence-electron chi connectivity index (χ1n) is 1.93. The summed E-state index contributed by atoms with van der Waals surface area (Å²) in [5.41, 5.74) is 0. The van der Waals surface area contributed by atoms with Crippen LogP contribution in [0.2, 0.25) is 0 Å². The summed E-state index contributed by atoms with van der Waals surface area (Å²) in [6, 6.07) is 0. The Morgan fingerprint density at radius 1 is 1.00 bits per heavy atom. The number of halogens is 7. The van der Waals surface area contributed by atoms with Gasteiger partial charge in [0, 0.05) is 0 Å². The molecule has 0 saturated heterocycles. The third-order valence-corrected chi connectivity index (χ3v) is 2.74. The lowest BCUT2D eigenvalue weighted by atomic mass is 10.4. The van der Waals surface area contributed by atoms with Gasteiger partial charge in [0.2, 0.25) is 0 Å². The van der Waals surface area contributed by atoms with Crippen LogP contribution in [0.3, 0.4) is 0 Å². The minimum atomic E-state index is -4.94. The average Bonchev–Trinajstić information content (AvgIpc) is 1.59. The van der Waals surface area contributed by atoms with Gasteiger partial charge in [-0.2, -0.15) is 22.0 Å². The third kappa shape index (κ3) is 3.14. The van der Waals surface area contributed by atoms with Crippen molar-refractivity contribution in [3.8, 4) is 0 Å². The Morgan fingerprint density at radius 2 is 1.30 bits per heavy atom. The van der Waals surface area contributed by atoms with Crippen LogP contribution in [0.4, 0.5) is 22.0 Å². The predicted octanol–water partition coefficient (Wildman–Crippen LogP) is 3.30. The molecule has 7 heteroatoms. The Kier molecular flexibility index (Phi) is 3.10. The molecule has 62 valence electrons.